The second-order valence-corrected chi connectivity index (χ2v) is 4.94. The molecule has 4 N–H and O–H groups in total. The summed E-state index contributed by atoms with van der Waals surface area (Å²) in [7, 11) is -3.60. The molecule has 78 valence electrons. The number of benzene rings is 1. The third-order valence-electron chi connectivity index (χ3n) is 1.84. The van der Waals surface area contributed by atoms with Crippen LogP contribution in [0.3, 0.4) is 0 Å². The minimum atomic E-state index is -3.60. The lowest BCUT2D eigenvalue weighted by Crippen LogP contribution is -2.51. The zero-order chi connectivity index (χ0) is 10.4. The first kappa shape index (κ1) is 11.4. The molecular weight excluding hydrogens is 199 g/mol. The Labute approximate surface area is 83.6 Å². The minimum absolute atomic E-state index is 0.337. The van der Waals surface area contributed by atoms with E-state index in [-0.39, 0.29) is 0 Å². The Morgan fingerprint density at radius 1 is 1.36 bits per heavy atom. The first-order valence-corrected chi connectivity index (χ1v) is 6.20. The molecule has 0 aliphatic rings. The maximum Gasteiger partial charge on any atom is 0.106 e. The summed E-state index contributed by atoms with van der Waals surface area (Å²) in [4.78, 5) is 11.6. The number of quaternary nitrogens is 1. The lowest BCUT2D eigenvalue weighted by atomic mass is 10.4. The van der Waals surface area contributed by atoms with Gasteiger partial charge in [0.05, 0.1) is 6.54 Å². The summed E-state index contributed by atoms with van der Waals surface area (Å²) in [6.07, 6.45) is 0.763. The summed E-state index contributed by atoms with van der Waals surface area (Å²) < 4.78 is 11.6. The molecule has 1 atom stereocenters. The van der Waals surface area contributed by atoms with Crippen LogP contribution in [0.5, 0.6) is 0 Å². The van der Waals surface area contributed by atoms with Gasteiger partial charge >= 0.3 is 0 Å². The van der Waals surface area contributed by atoms with E-state index >= 15 is 0 Å². The van der Waals surface area contributed by atoms with Crippen LogP contribution in [0.2, 0.25) is 0 Å². The number of rotatable bonds is 5. The van der Waals surface area contributed by atoms with Gasteiger partial charge in [-0.05, 0) is 0 Å². The van der Waals surface area contributed by atoms with Gasteiger partial charge in [-0.25, -0.2) is 0 Å². The topological polar surface area (TPSA) is 79.8 Å². The van der Waals surface area contributed by atoms with Gasteiger partial charge in [0.2, 0.25) is 0 Å². The van der Waals surface area contributed by atoms with Crippen molar-refractivity contribution in [1.29, 1.82) is 0 Å². The van der Waals surface area contributed by atoms with Crippen LogP contribution in [0.25, 0.3) is 0 Å². The third kappa shape index (κ3) is 3.24. The van der Waals surface area contributed by atoms with Crippen molar-refractivity contribution < 1.29 is 15.2 Å². The Hall–Kier alpha value is -0.670. The van der Waals surface area contributed by atoms with Gasteiger partial charge in [-0.2, -0.15) is 0 Å². The highest BCUT2D eigenvalue weighted by Crippen LogP contribution is 2.27. The van der Waals surface area contributed by atoms with Crippen molar-refractivity contribution in [3.63, 3.8) is 0 Å². The number of hydrogen-bond acceptors (Lipinski definition) is 2. The Morgan fingerprint density at radius 2 is 2.00 bits per heavy atom. The van der Waals surface area contributed by atoms with E-state index in [2.05, 4.69) is 10.8 Å². The van der Waals surface area contributed by atoms with Crippen LogP contribution in [-0.4, -0.2) is 13.1 Å². The van der Waals surface area contributed by atoms with Crippen LogP contribution in [-0.2, 0) is 4.57 Å². The van der Waals surface area contributed by atoms with Gasteiger partial charge in [0.15, 0.2) is 0 Å². The highest BCUT2D eigenvalue weighted by atomic mass is 31.2. The van der Waals surface area contributed by atoms with Gasteiger partial charge in [-0.15, -0.1) is 0 Å². The molecule has 0 saturated carbocycles. The van der Waals surface area contributed by atoms with E-state index in [1.165, 1.54) is 0 Å². The van der Waals surface area contributed by atoms with Crippen molar-refractivity contribution in [1.82, 2.24) is 5.09 Å². The summed E-state index contributed by atoms with van der Waals surface area (Å²) in [5, 5.41) is 2.87. The summed E-state index contributed by atoms with van der Waals surface area (Å²) in [6, 6.07) is 8.39. The normalized spacial score (nSPS) is 15.0. The molecule has 4 nitrogen and oxygen atoms in total. The zero-order valence-electron chi connectivity index (χ0n) is 7.98. The lowest BCUT2D eigenvalue weighted by Gasteiger charge is -2.24. The Kier molecular flexibility index (Phi) is 4.29. The second kappa shape index (κ2) is 5.27. The van der Waals surface area contributed by atoms with Gasteiger partial charge in [0, 0.05) is 18.3 Å². The molecule has 0 heterocycles. The van der Waals surface area contributed by atoms with Crippen molar-refractivity contribution >= 4 is 12.8 Å². The van der Waals surface area contributed by atoms with Gasteiger partial charge in [-0.3, -0.25) is 5.09 Å². The first-order chi connectivity index (χ1) is 6.67. The molecule has 0 aliphatic heterocycles. The van der Waals surface area contributed by atoms with Crippen LogP contribution in [0.15, 0.2) is 30.3 Å². The van der Waals surface area contributed by atoms with Crippen LogP contribution >= 0.6 is 7.52 Å². The molecule has 0 bridgehead atoms. The quantitative estimate of drug-likeness (QED) is 0.491. The molecular formula is C9H15N2O2P. The average Bonchev–Trinajstić information content (AvgIpc) is 2.19. The third-order valence-corrected chi connectivity index (χ3v) is 3.46. The van der Waals surface area contributed by atoms with Gasteiger partial charge in [0.25, 0.3) is 0 Å². The predicted octanol–water partition coefficient (Wildman–Crippen LogP) is -0.913. The molecule has 0 amide bonds. The van der Waals surface area contributed by atoms with E-state index in [9.17, 15) is 9.46 Å². The highest BCUT2D eigenvalue weighted by molar-refractivity contribution is 7.62. The SMILES string of the molecule is [NH3+]CCCNP(=O)([O-])c1ccccc1. The zero-order valence-corrected chi connectivity index (χ0v) is 8.87. The molecule has 5 heteroatoms. The second-order valence-electron chi connectivity index (χ2n) is 3.00. The van der Waals surface area contributed by atoms with Crippen molar-refractivity contribution in [2.45, 2.75) is 6.42 Å². The standard InChI is InChI=1S/C9H15N2O2P/c10-7-4-8-11-14(12,13)9-5-2-1-3-6-9/h1-3,5-6H,4,7-8,10H2,(H2,11,12,13). The smallest absolute Gasteiger partial charge is 0.106 e. The van der Waals surface area contributed by atoms with E-state index < -0.39 is 7.52 Å². The lowest BCUT2D eigenvalue weighted by molar-refractivity contribution is -0.367. The Balaban J connectivity index is 2.62. The first-order valence-electron chi connectivity index (χ1n) is 4.58. The fraction of sp³-hybridized carbons (Fsp3) is 0.333. The average molecular weight is 214 g/mol. The molecule has 1 aromatic carbocycles. The molecule has 0 aliphatic carbocycles. The largest absolute Gasteiger partial charge is 0.784 e. The monoisotopic (exact) mass is 214 g/mol. The molecule has 14 heavy (non-hydrogen) atoms. The summed E-state index contributed by atoms with van der Waals surface area (Å²) >= 11 is 0. The maximum absolute atomic E-state index is 11.6. The Bertz CT molecular complexity index is 316. The van der Waals surface area contributed by atoms with Crippen molar-refractivity contribution in [3.8, 4) is 0 Å². The van der Waals surface area contributed by atoms with Crippen LogP contribution < -0.4 is 21.0 Å². The van der Waals surface area contributed by atoms with Crippen LogP contribution in [0.4, 0.5) is 0 Å². The van der Waals surface area contributed by atoms with E-state index in [4.69, 9.17) is 0 Å². The van der Waals surface area contributed by atoms with Crippen LogP contribution in [0, 0.1) is 0 Å². The molecule has 0 fully saturated rings. The van der Waals surface area contributed by atoms with E-state index in [1.807, 2.05) is 0 Å². The van der Waals surface area contributed by atoms with Crippen LogP contribution in [0.1, 0.15) is 6.42 Å². The van der Waals surface area contributed by atoms with Crippen molar-refractivity contribution in [2.75, 3.05) is 13.1 Å². The number of hydrogen-bond donors (Lipinski definition) is 2. The number of nitrogens with one attached hydrogen (secondary N) is 1. The molecule has 0 spiro atoms. The predicted molar refractivity (Wildman–Crippen MR) is 54.1 cm³/mol. The molecule has 0 aromatic heterocycles. The molecule has 0 saturated heterocycles. The van der Waals surface area contributed by atoms with E-state index in [0.29, 0.717) is 11.8 Å². The molecule has 1 rings (SSSR count). The fourth-order valence-corrected chi connectivity index (χ4v) is 2.27. The summed E-state index contributed by atoms with van der Waals surface area (Å²) in [6.45, 7) is 1.20. The minimum Gasteiger partial charge on any atom is -0.784 e. The van der Waals surface area contributed by atoms with Gasteiger partial charge < -0.3 is 15.2 Å². The Morgan fingerprint density at radius 3 is 2.57 bits per heavy atom. The summed E-state index contributed by atoms with van der Waals surface area (Å²) in [5.41, 5.74) is 3.65. The fourth-order valence-electron chi connectivity index (χ4n) is 1.07. The van der Waals surface area contributed by atoms with Crippen molar-refractivity contribution in [2.24, 2.45) is 0 Å². The maximum atomic E-state index is 11.6. The van der Waals surface area contributed by atoms with Crippen molar-refractivity contribution in [3.05, 3.63) is 30.3 Å². The van der Waals surface area contributed by atoms with E-state index in [1.54, 1.807) is 30.3 Å². The highest BCUT2D eigenvalue weighted by Gasteiger charge is 2.08. The molecule has 1 unspecified atom stereocenters. The van der Waals surface area contributed by atoms with Gasteiger partial charge in [-0.1, -0.05) is 30.3 Å². The van der Waals surface area contributed by atoms with E-state index in [0.717, 1.165) is 13.0 Å². The molecule has 0 radical (unpaired) electrons. The summed E-state index contributed by atoms with van der Waals surface area (Å²) in [5.74, 6) is 0. The molecule has 1 aromatic rings. The van der Waals surface area contributed by atoms with Gasteiger partial charge in [0.1, 0.15) is 7.52 Å².